The number of aromatic nitrogens is 2. The minimum atomic E-state index is -4.71. The largest absolute Gasteiger partial charge is 0.522 e. The van der Waals surface area contributed by atoms with Gasteiger partial charge in [0, 0.05) is 19.2 Å². The van der Waals surface area contributed by atoms with Crippen molar-refractivity contribution in [2.45, 2.75) is 31.3 Å². The number of rotatable bonds is 5. The summed E-state index contributed by atoms with van der Waals surface area (Å²) in [6.45, 7) is 0.901. The molecule has 0 unspecified atom stereocenters. The van der Waals surface area contributed by atoms with Crippen molar-refractivity contribution in [3.05, 3.63) is 12.0 Å². The maximum atomic E-state index is 11.8. The van der Waals surface area contributed by atoms with E-state index in [4.69, 9.17) is 5.14 Å². The van der Waals surface area contributed by atoms with Crippen LogP contribution in [0.15, 0.2) is 11.2 Å². The third-order valence-corrected chi connectivity index (χ3v) is 2.82. The molecular weight excluding hydrogens is 275 g/mol. The van der Waals surface area contributed by atoms with Gasteiger partial charge in [0.2, 0.25) is 0 Å². The van der Waals surface area contributed by atoms with Gasteiger partial charge in [-0.15, -0.1) is 13.2 Å². The Kier molecular flexibility index (Phi) is 4.35. The molecule has 0 saturated carbocycles. The van der Waals surface area contributed by atoms with Crippen LogP contribution in [-0.4, -0.2) is 30.9 Å². The summed E-state index contributed by atoms with van der Waals surface area (Å²) >= 11 is 0. The van der Waals surface area contributed by atoms with Crippen LogP contribution in [0.3, 0.4) is 0 Å². The Balaban J connectivity index is 2.80. The van der Waals surface area contributed by atoms with E-state index in [1.807, 2.05) is 0 Å². The van der Waals surface area contributed by atoms with Crippen LogP contribution in [0.1, 0.15) is 12.7 Å². The second-order valence-electron chi connectivity index (χ2n) is 3.38. The van der Waals surface area contributed by atoms with Crippen LogP contribution < -0.4 is 5.14 Å². The zero-order valence-corrected chi connectivity index (χ0v) is 10.3. The number of hydrogen-bond donors (Lipinski definition) is 1. The van der Waals surface area contributed by atoms with Crippen LogP contribution in [0.5, 0.6) is 0 Å². The quantitative estimate of drug-likeness (QED) is 0.860. The van der Waals surface area contributed by atoms with Gasteiger partial charge in [0.15, 0.2) is 5.03 Å². The van der Waals surface area contributed by atoms with Crippen molar-refractivity contribution in [1.82, 2.24) is 9.55 Å². The highest BCUT2D eigenvalue weighted by atomic mass is 32.2. The number of primary sulfonamides is 1. The van der Waals surface area contributed by atoms with Crippen LogP contribution >= 0.6 is 0 Å². The fraction of sp³-hybridized carbons (Fsp3) is 0.625. The lowest BCUT2D eigenvalue weighted by Crippen LogP contribution is -2.18. The van der Waals surface area contributed by atoms with Crippen LogP contribution in [-0.2, 0) is 27.7 Å². The van der Waals surface area contributed by atoms with Gasteiger partial charge in [0.1, 0.15) is 5.82 Å². The molecule has 0 atom stereocenters. The lowest BCUT2D eigenvalue weighted by Gasteiger charge is -2.09. The molecule has 1 aromatic heterocycles. The zero-order chi connectivity index (χ0) is 14.0. The summed E-state index contributed by atoms with van der Waals surface area (Å²) in [6, 6.07) is 0. The molecule has 0 aromatic carbocycles. The summed E-state index contributed by atoms with van der Waals surface area (Å²) in [5.41, 5.74) is 0. The van der Waals surface area contributed by atoms with E-state index >= 15 is 0 Å². The lowest BCUT2D eigenvalue weighted by molar-refractivity contribution is -0.325. The highest BCUT2D eigenvalue weighted by molar-refractivity contribution is 7.89. The molecule has 1 rings (SSSR count). The molecule has 0 radical (unpaired) electrons. The molecule has 6 nitrogen and oxygen atoms in total. The minimum Gasteiger partial charge on any atom is -0.331 e. The molecular formula is C8H12F3N3O3S. The summed E-state index contributed by atoms with van der Waals surface area (Å²) in [7, 11) is -3.96. The van der Waals surface area contributed by atoms with Gasteiger partial charge in [-0.1, -0.05) is 6.92 Å². The van der Waals surface area contributed by atoms with Crippen LogP contribution in [0.4, 0.5) is 13.2 Å². The van der Waals surface area contributed by atoms with E-state index in [1.54, 1.807) is 6.92 Å². The third kappa shape index (κ3) is 4.27. The number of imidazole rings is 1. The van der Waals surface area contributed by atoms with Crippen molar-refractivity contribution in [2.75, 3.05) is 6.61 Å². The number of sulfonamides is 1. The monoisotopic (exact) mass is 287 g/mol. The summed E-state index contributed by atoms with van der Waals surface area (Å²) < 4.78 is 62.3. The highest BCUT2D eigenvalue weighted by Crippen LogP contribution is 2.16. The van der Waals surface area contributed by atoms with Gasteiger partial charge in [0.05, 0.1) is 6.61 Å². The van der Waals surface area contributed by atoms with E-state index in [-0.39, 0.29) is 11.6 Å². The Morgan fingerprint density at radius 1 is 1.50 bits per heavy atom. The first-order chi connectivity index (χ1) is 8.13. The van der Waals surface area contributed by atoms with E-state index in [2.05, 4.69) is 9.72 Å². The maximum Gasteiger partial charge on any atom is 0.522 e. The maximum absolute atomic E-state index is 11.8. The average Bonchev–Trinajstić information content (AvgIpc) is 2.58. The molecule has 1 heterocycles. The minimum absolute atomic E-state index is 0.162. The second-order valence-corrected chi connectivity index (χ2v) is 4.89. The molecule has 18 heavy (non-hydrogen) atoms. The Hall–Kier alpha value is -1.13. The average molecular weight is 287 g/mol. The third-order valence-electron chi connectivity index (χ3n) is 2.04. The van der Waals surface area contributed by atoms with Gasteiger partial charge in [0.25, 0.3) is 10.0 Å². The number of hydrogen-bond acceptors (Lipinski definition) is 4. The molecule has 0 aliphatic carbocycles. The van der Waals surface area contributed by atoms with Crippen LogP contribution in [0.25, 0.3) is 0 Å². The Bertz CT molecular complexity index is 509. The molecule has 0 aliphatic heterocycles. The summed E-state index contributed by atoms with van der Waals surface area (Å²) in [4.78, 5) is 3.73. The van der Waals surface area contributed by atoms with Crippen LogP contribution in [0.2, 0.25) is 0 Å². The molecule has 0 spiro atoms. The molecule has 10 heteroatoms. The van der Waals surface area contributed by atoms with Crippen molar-refractivity contribution < 1.29 is 26.3 Å². The number of alkyl halides is 3. The van der Waals surface area contributed by atoms with E-state index in [0.29, 0.717) is 12.2 Å². The molecule has 104 valence electrons. The fourth-order valence-electron chi connectivity index (χ4n) is 1.30. The second kappa shape index (κ2) is 5.24. The number of halogens is 3. The fourth-order valence-corrected chi connectivity index (χ4v) is 1.81. The number of nitrogens with two attached hydrogens (primary N) is 1. The normalized spacial score (nSPS) is 12.9. The van der Waals surface area contributed by atoms with E-state index < -0.39 is 23.0 Å². The number of nitrogens with zero attached hydrogens (tertiary/aromatic N) is 2. The Labute approximate surface area is 102 Å². The van der Waals surface area contributed by atoms with Crippen molar-refractivity contribution in [3.8, 4) is 0 Å². The standard InChI is InChI=1S/C8H12F3N3O3S/c1-2-6-13-7(18(12,15)16)5-14(6)3-4-17-8(9,10)11/h5H,2-4H2,1H3,(H2,12,15,16). The van der Waals surface area contributed by atoms with Gasteiger partial charge in [-0.3, -0.25) is 4.74 Å². The van der Waals surface area contributed by atoms with E-state index in [1.165, 1.54) is 4.57 Å². The summed E-state index contributed by atoms with van der Waals surface area (Å²) in [6.07, 6.45) is -3.26. The molecule has 0 amide bonds. The Morgan fingerprint density at radius 3 is 2.56 bits per heavy atom. The highest BCUT2D eigenvalue weighted by Gasteiger charge is 2.28. The summed E-state index contributed by atoms with van der Waals surface area (Å²) in [5, 5.41) is 4.51. The van der Waals surface area contributed by atoms with E-state index in [9.17, 15) is 21.6 Å². The van der Waals surface area contributed by atoms with Crippen LogP contribution in [0, 0.1) is 0 Å². The smallest absolute Gasteiger partial charge is 0.331 e. The molecule has 0 saturated heterocycles. The first kappa shape index (κ1) is 14.9. The molecule has 2 N–H and O–H groups in total. The summed E-state index contributed by atoms with van der Waals surface area (Å²) in [5.74, 6) is 0.324. The Morgan fingerprint density at radius 2 is 2.11 bits per heavy atom. The number of aryl methyl sites for hydroxylation is 1. The molecule has 0 fully saturated rings. The van der Waals surface area contributed by atoms with Gasteiger partial charge in [-0.25, -0.2) is 18.5 Å². The predicted octanol–water partition coefficient (Wildman–Crippen LogP) is 0.629. The lowest BCUT2D eigenvalue weighted by atomic mass is 10.4. The van der Waals surface area contributed by atoms with Crippen molar-refractivity contribution >= 4 is 10.0 Å². The van der Waals surface area contributed by atoms with Gasteiger partial charge >= 0.3 is 6.36 Å². The van der Waals surface area contributed by atoms with Gasteiger partial charge < -0.3 is 4.57 Å². The van der Waals surface area contributed by atoms with Gasteiger partial charge in [-0.05, 0) is 0 Å². The first-order valence-electron chi connectivity index (χ1n) is 4.93. The van der Waals surface area contributed by atoms with E-state index in [0.717, 1.165) is 6.20 Å². The van der Waals surface area contributed by atoms with Crippen molar-refractivity contribution in [2.24, 2.45) is 5.14 Å². The van der Waals surface area contributed by atoms with Crippen molar-refractivity contribution in [1.29, 1.82) is 0 Å². The topological polar surface area (TPSA) is 87.2 Å². The first-order valence-corrected chi connectivity index (χ1v) is 6.47. The van der Waals surface area contributed by atoms with Crippen molar-refractivity contribution in [3.63, 3.8) is 0 Å². The van der Waals surface area contributed by atoms with Gasteiger partial charge in [-0.2, -0.15) is 0 Å². The molecule has 1 aromatic rings. The number of ether oxygens (including phenoxy) is 1. The SMILES string of the molecule is CCc1nc(S(N)(=O)=O)cn1CCOC(F)(F)F. The molecule has 0 bridgehead atoms. The predicted molar refractivity (Wildman–Crippen MR) is 55.0 cm³/mol. The molecule has 0 aliphatic rings. The zero-order valence-electron chi connectivity index (χ0n) is 9.44.